The minimum Gasteiger partial charge on any atom is -0.481 e. The van der Waals surface area contributed by atoms with E-state index in [1.54, 1.807) is 0 Å². The van der Waals surface area contributed by atoms with E-state index >= 15 is 0 Å². The Morgan fingerprint density at radius 3 is 2.61 bits per heavy atom. The number of pyridine rings is 1. The number of ether oxygens (including phenoxy) is 2. The first-order valence-electron chi connectivity index (χ1n) is 15.6. The first-order chi connectivity index (χ1) is 21.0. The predicted octanol–water partition coefficient (Wildman–Crippen LogP) is 3.64. The zero-order valence-corrected chi connectivity index (χ0v) is 26.7. The Balaban J connectivity index is 1.44. The molecule has 3 aromatic rings. The van der Waals surface area contributed by atoms with Crippen LogP contribution in [0.25, 0.3) is 0 Å². The molecule has 44 heavy (non-hydrogen) atoms. The highest BCUT2D eigenvalue weighted by Crippen LogP contribution is 2.43. The lowest BCUT2D eigenvalue weighted by Gasteiger charge is -2.29. The normalized spacial score (nSPS) is 19.8. The summed E-state index contributed by atoms with van der Waals surface area (Å²) in [6, 6.07) is 13.5. The van der Waals surface area contributed by atoms with E-state index in [0.717, 1.165) is 47.4 Å². The number of carbonyl (C=O) groups is 2. The number of rotatable bonds is 13. The lowest BCUT2D eigenvalue weighted by Crippen LogP contribution is -2.50. The number of fused-ring (bicyclic) bond motifs is 1. The van der Waals surface area contributed by atoms with Gasteiger partial charge in [0.05, 0.1) is 33.6 Å². The first-order valence-corrected chi connectivity index (χ1v) is 15.6. The fourth-order valence-electron chi connectivity index (χ4n) is 6.60. The van der Waals surface area contributed by atoms with Gasteiger partial charge in [-0.05, 0) is 55.2 Å². The third-order valence-corrected chi connectivity index (χ3v) is 8.72. The number of quaternary nitrogens is 1. The van der Waals surface area contributed by atoms with Gasteiger partial charge in [-0.15, -0.1) is 0 Å². The Bertz CT molecular complexity index is 1460. The number of amides is 1. The summed E-state index contributed by atoms with van der Waals surface area (Å²) < 4.78 is 16.1. The number of likely N-dealkylation sites (tertiary alicyclic amines) is 1. The molecule has 1 saturated heterocycles. The summed E-state index contributed by atoms with van der Waals surface area (Å²) >= 11 is 0. The van der Waals surface area contributed by atoms with Crippen LogP contribution >= 0.6 is 0 Å². The van der Waals surface area contributed by atoms with Crippen molar-refractivity contribution in [2.24, 2.45) is 13.0 Å². The lowest BCUT2D eigenvalue weighted by molar-refractivity contribution is -1.02. The minimum atomic E-state index is -0.841. The molecule has 0 bridgehead atoms. The van der Waals surface area contributed by atoms with Gasteiger partial charge in [0, 0.05) is 50.1 Å². The summed E-state index contributed by atoms with van der Waals surface area (Å²) in [6.45, 7) is 4.29. The molecule has 1 fully saturated rings. The number of carboxylic acid groups (broad SMARTS) is 1. The summed E-state index contributed by atoms with van der Waals surface area (Å²) in [6.07, 6.45) is 9.28. The van der Waals surface area contributed by atoms with Crippen LogP contribution in [0, 0.1) is 5.92 Å². The van der Waals surface area contributed by atoms with Crippen molar-refractivity contribution in [2.45, 2.75) is 51.2 Å². The van der Waals surface area contributed by atoms with E-state index in [1.165, 1.54) is 0 Å². The second kappa shape index (κ2) is 13.4. The lowest BCUT2D eigenvalue weighted by atomic mass is 9.83. The second-order valence-corrected chi connectivity index (χ2v) is 13.1. The third kappa shape index (κ3) is 7.25. The Kier molecular flexibility index (Phi) is 9.60. The molecule has 1 unspecified atom stereocenters. The first kappa shape index (κ1) is 31.5. The van der Waals surface area contributed by atoms with Crippen LogP contribution in [-0.2, 0) is 29.7 Å². The van der Waals surface area contributed by atoms with Crippen LogP contribution in [0.2, 0.25) is 0 Å². The van der Waals surface area contributed by atoms with E-state index in [-0.39, 0.29) is 31.2 Å². The number of hydrogen-bond donors (Lipinski definition) is 1. The smallest absolute Gasteiger partial charge is 0.308 e. The highest BCUT2D eigenvalue weighted by Gasteiger charge is 2.47. The number of aryl methyl sites for hydroxylation is 2. The average molecular weight is 606 g/mol. The highest BCUT2D eigenvalue weighted by molar-refractivity contribution is 5.94. The number of unbranched alkanes of at least 4 members (excludes halogenated alkanes) is 1. The van der Waals surface area contributed by atoms with Crippen LogP contribution in [0.5, 0.6) is 11.5 Å². The molecule has 0 saturated carbocycles. The number of carboxylic acids is 1. The van der Waals surface area contributed by atoms with Crippen LogP contribution in [0.15, 0.2) is 61.1 Å². The Morgan fingerprint density at radius 2 is 1.91 bits per heavy atom. The number of aromatic nitrogens is 2. The van der Waals surface area contributed by atoms with Gasteiger partial charge in [0.25, 0.3) is 6.67 Å². The van der Waals surface area contributed by atoms with Gasteiger partial charge in [-0.3, -0.25) is 19.0 Å². The number of nitrogens with zero attached hydrogens (tertiary/aromatic N) is 5. The van der Waals surface area contributed by atoms with Gasteiger partial charge in [0.15, 0.2) is 23.9 Å². The summed E-state index contributed by atoms with van der Waals surface area (Å²) in [5, 5.41) is 10.6. The maximum Gasteiger partial charge on any atom is 0.308 e. The standard InChI is InChI=1S/C34H46N5O5/c1-6-7-18-38(27-11-9-17-36(20-27)23-39(3,4)5)32(40)22-37-21-28(25-12-15-30-31(19-25)44-24-43-30)33(34(41)42)29(37)14-13-26-10-8-16-35(26)2/h8-12,15-17,19-20,28-29,33H,6-7,13-14,18,21-24H2,1-5H3/q+1/p+1/t28-,29+,33?/m1/s1. The molecule has 2 aromatic heterocycles. The Labute approximate surface area is 260 Å². The van der Waals surface area contributed by atoms with E-state index in [9.17, 15) is 14.7 Å². The summed E-state index contributed by atoms with van der Waals surface area (Å²) in [5.74, 6) is -0.509. The molecule has 236 valence electrons. The molecule has 2 aliphatic rings. The van der Waals surface area contributed by atoms with E-state index in [0.29, 0.717) is 31.0 Å². The molecular formula is C34H47N5O5+2. The van der Waals surface area contributed by atoms with Gasteiger partial charge < -0.3 is 24.0 Å². The van der Waals surface area contributed by atoms with Crippen molar-refractivity contribution in [3.05, 3.63) is 72.3 Å². The summed E-state index contributed by atoms with van der Waals surface area (Å²) in [4.78, 5) is 31.1. The topological polar surface area (TPSA) is 88.1 Å². The van der Waals surface area contributed by atoms with Crippen molar-refractivity contribution in [1.82, 2.24) is 9.47 Å². The molecule has 1 N–H and O–H groups in total. The zero-order valence-electron chi connectivity index (χ0n) is 26.7. The predicted molar refractivity (Wildman–Crippen MR) is 167 cm³/mol. The Hall–Kier alpha value is -3.89. The van der Waals surface area contributed by atoms with Crippen molar-refractivity contribution < 1.29 is 33.2 Å². The van der Waals surface area contributed by atoms with E-state index in [4.69, 9.17) is 9.47 Å². The average Bonchev–Trinajstić information content (AvgIpc) is 3.69. The molecule has 10 heteroatoms. The summed E-state index contributed by atoms with van der Waals surface area (Å²) in [7, 11) is 8.42. The number of anilines is 1. The fraction of sp³-hybridized carbons (Fsp3) is 0.500. The van der Waals surface area contributed by atoms with Gasteiger partial charge in [0.1, 0.15) is 5.69 Å². The zero-order chi connectivity index (χ0) is 31.4. The molecule has 5 rings (SSSR count). The SMILES string of the molecule is CCCCN(C(=O)CN1C[C@H](c2ccc3c(c2)OCO3)C(C(=O)O)[C@@H]1CCc1cccn1C)c1ccc[n+](C[N+](C)(C)C)c1. The van der Waals surface area contributed by atoms with Crippen LogP contribution in [0.4, 0.5) is 5.69 Å². The number of hydrogen-bond acceptors (Lipinski definition) is 5. The number of carbonyl (C=O) groups excluding carboxylic acids is 1. The quantitative estimate of drug-likeness (QED) is 0.237. The van der Waals surface area contributed by atoms with Crippen molar-refractivity contribution in [2.75, 3.05) is 52.5 Å². The molecule has 10 nitrogen and oxygen atoms in total. The van der Waals surface area contributed by atoms with Crippen LogP contribution in [-0.4, -0.2) is 84.5 Å². The number of aliphatic carboxylic acids is 1. The van der Waals surface area contributed by atoms with Gasteiger partial charge in [-0.25, -0.2) is 0 Å². The molecule has 4 heterocycles. The van der Waals surface area contributed by atoms with Crippen molar-refractivity contribution in [1.29, 1.82) is 0 Å². The van der Waals surface area contributed by atoms with Gasteiger partial charge >= 0.3 is 5.97 Å². The fourth-order valence-corrected chi connectivity index (χ4v) is 6.60. The van der Waals surface area contributed by atoms with Crippen molar-refractivity contribution in [3.63, 3.8) is 0 Å². The van der Waals surface area contributed by atoms with Gasteiger partial charge in [-0.2, -0.15) is 4.57 Å². The maximum atomic E-state index is 14.2. The van der Waals surface area contributed by atoms with Gasteiger partial charge in [-0.1, -0.05) is 19.4 Å². The highest BCUT2D eigenvalue weighted by atomic mass is 16.7. The second-order valence-electron chi connectivity index (χ2n) is 13.1. The van der Waals surface area contributed by atoms with E-state index in [2.05, 4.69) is 48.2 Å². The van der Waals surface area contributed by atoms with Crippen molar-refractivity contribution >= 4 is 17.6 Å². The number of benzene rings is 1. The molecule has 1 amide bonds. The largest absolute Gasteiger partial charge is 0.481 e. The third-order valence-electron chi connectivity index (χ3n) is 8.72. The van der Waals surface area contributed by atoms with E-state index in [1.807, 2.05) is 66.9 Å². The van der Waals surface area contributed by atoms with Crippen molar-refractivity contribution in [3.8, 4) is 11.5 Å². The minimum absolute atomic E-state index is 0.0132. The van der Waals surface area contributed by atoms with E-state index < -0.39 is 11.9 Å². The van der Waals surface area contributed by atoms with Crippen LogP contribution in [0.3, 0.4) is 0 Å². The summed E-state index contributed by atoms with van der Waals surface area (Å²) in [5.41, 5.74) is 2.90. The molecule has 1 aromatic carbocycles. The van der Waals surface area contributed by atoms with Crippen LogP contribution in [0.1, 0.15) is 43.4 Å². The van der Waals surface area contributed by atoms with Gasteiger partial charge in [0.2, 0.25) is 12.7 Å². The molecule has 3 atom stereocenters. The molecule has 0 aliphatic carbocycles. The maximum absolute atomic E-state index is 14.2. The monoisotopic (exact) mass is 605 g/mol. The molecule has 2 aliphatic heterocycles. The van der Waals surface area contributed by atoms with Crippen LogP contribution < -0.4 is 18.9 Å². The molecular weight excluding hydrogens is 558 g/mol. The Morgan fingerprint density at radius 1 is 1.11 bits per heavy atom. The molecule has 0 spiro atoms. The molecule has 0 radical (unpaired) electrons.